The summed E-state index contributed by atoms with van der Waals surface area (Å²) in [6.07, 6.45) is 3.46. The number of aromatic nitrogens is 2. The third-order valence-corrected chi connectivity index (χ3v) is 2.76. The van der Waals surface area contributed by atoms with Gasteiger partial charge in [0.05, 0.1) is 31.1 Å². The average Bonchev–Trinajstić information content (AvgIpc) is 2.98. The van der Waals surface area contributed by atoms with Gasteiger partial charge in [0.1, 0.15) is 5.76 Å². The molecule has 0 radical (unpaired) electrons. The van der Waals surface area contributed by atoms with Gasteiger partial charge in [-0.2, -0.15) is 5.10 Å². The van der Waals surface area contributed by atoms with Crippen molar-refractivity contribution < 1.29 is 9.52 Å². The van der Waals surface area contributed by atoms with Gasteiger partial charge in [-0.05, 0) is 30.3 Å². The van der Waals surface area contributed by atoms with Gasteiger partial charge in [-0.3, -0.25) is 4.68 Å². The third kappa shape index (κ3) is 1.72. The highest BCUT2D eigenvalue weighted by atomic mass is 16.3. The van der Waals surface area contributed by atoms with E-state index in [1.807, 2.05) is 30.3 Å². The summed E-state index contributed by atoms with van der Waals surface area (Å²) >= 11 is 0. The van der Waals surface area contributed by atoms with Crippen LogP contribution in [0.2, 0.25) is 0 Å². The first kappa shape index (κ1) is 10.1. The van der Waals surface area contributed by atoms with Crippen LogP contribution in [0.1, 0.15) is 0 Å². The molecular weight excluding hydrogens is 216 g/mol. The smallest absolute Gasteiger partial charge is 0.133 e. The molecule has 0 unspecified atom stereocenters. The lowest BCUT2D eigenvalue weighted by atomic mass is 10.1. The van der Waals surface area contributed by atoms with Gasteiger partial charge in [0.2, 0.25) is 0 Å². The second-order valence-electron chi connectivity index (χ2n) is 3.84. The van der Waals surface area contributed by atoms with Crippen LogP contribution in [0.25, 0.3) is 22.2 Å². The first-order chi connectivity index (χ1) is 8.38. The van der Waals surface area contributed by atoms with Crippen LogP contribution in [-0.4, -0.2) is 21.5 Å². The lowest BCUT2D eigenvalue weighted by Gasteiger charge is -2.01. The van der Waals surface area contributed by atoms with Gasteiger partial charge in [0.15, 0.2) is 0 Å². The van der Waals surface area contributed by atoms with Crippen LogP contribution in [0.15, 0.2) is 47.2 Å². The summed E-state index contributed by atoms with van der Waals surface area (Å²) in [7, 11) is 0. The predicted molar refractivity (Wildman–Crippen MR) is 64.5 cm³/mol. The fourth-order valence-electron chi connectivity index (χ4n) is 1.96. The number of rotatable bonds is 3. The van der Waals surface area contributed by atoms with E-state index in [-0.39, 0.29) is 6.61 Å². The summed E-state index contributed by atoms with van der Waals surface area (Å²) in [5.74, 6) is 0.849. The summed E-state index contributed by atoms with van der Waals surface area (Å²) in [5, 5.41) is 14.2. The van der Waals surface area contributed by atoms with Gasteiger partial charge in [-0.25, -0.2) is 0 Å². The van der Waals surface area contributed by atoms with E-state index in [1.54, 1.807) is 17.1 Å². The predicted octanol–water partition coefficient (Wildman–Crippen LogP) is 2.29. The number of hydrogen-bond acceptors (Lipinski definition) is 3. The van der Waals surface area contributed by atoms with Gasteiger partial charge in [0.25, 0.3) is 0 Å². The minimum atomic E-state index is 0.0940. The molecule has 1 aromatic carbocycles. The quantitative estimate of drug-likeness (QED) is 0.748. The van der Waals surface area contributed by atoms with E-state index >= 15 is 0 Å². The Kier molecular flexibility index (Phi) is 2.42. The highest BCUT2D eigenvalue weighted by Crippen LogP contribution is 2.24. The second-order valence-corrected chi connectivity index (χ2v) is 3.84. The maximum atomic E-state index is 8.93. The zero-order valence-corrected chi connectivity index (χ0v) is 9.21. The van der Waals surface area contributed by atoms with Gasteiger partial charge >= 0.3 is 0 Å². The number of fused-ring (bicyclic) bond motifs is 1. The summed E-state index contributed by atoms with van der Waals surface area (Å²) < 4.78 is 7.15. The van der Waals surface area contributed by atoms with E-state index in [0.717, 1.165) is 22.2 Å². The van der Waals surface area contributed by atoms with Crippen LogP contribution in [0.5, 0.6) is 0 Å². The Hall–Kier alpha value is -2.07. The van der Waals surface area contributed by atoms with Crippen molar-refractivity contribution in [2.45, 2.75) is 6.54 Å². The lowest BCUT2D eigenvalue weighted by Crippen LogP contribution is -2.02. The van der Waals surface area contributed by atoms with Crippen molar-refractivity contribution in [3.8, 4) is 11.3 Å². The number of benzene rings is 1. The van der Waals surface area contributed by atoms with Crippen molar-refractivity contribution in [3.05, 3.63) is 42.8 Å². The Bertz CT molecular complexity index is 626. The molecule has 0 aliphatic heterocycles. The van der Waals surface area contributed by atoms with E-state index in [9.17, 15) is 0 Å². The van der Waals surface area contributed by atoms with Gasteiger partial charge in [-0.1, -0.05) is 0 Å². The van der Waals surface area contributed by atoms with Crippen LogP contribution in [-0.2, 0) is 6.54 Å². The molecule has 1 N–H and O–H groups in total. The fraction of sp³-hybridized carbons (Fsp3) is 0.154. The van der Waals surface area contributed by atoms with Crippen LogP contribution >= 0.6 is 0 Å². The van der Waals surface area contributed by atoms with Crippen LogP contribution in [0.4, 0.5) is 0 Å². The van der Waals surface area contributed by atoms with Crippen molar-refractivity contribution in [1.82, 2.24) is 9.78 Å². The first-order valence-corrected chi connectivity index (χ1v) is 5.49. The standard InChI is InChI=1S/C13H12N2O2/c16-6-5-15-12-4-3-10(8-11(12)9-14-15)13-2-1-7-17-13/h1-4,7-9,16H,5-6H2. The lowest BCUT2D eigenvalue weighted by molar-refractivity contribution is 0.271. The number of aliphatic hydroxyl groups is 1. The molecule has 2 aromatic heterocycles. The second kappa shape index (κ2) is 4.07. The molecule has 0 fully saturated rings. The normalized spacial score (nSPS) is 11.1. The van der Waals surface area contributed by atoms with E-state index in [2.05, 4.69) is 5.10 Å². The molecule has 0 atom stereocenters. The highest BCUT2D eigenvalue weighted by molar-refractivity contribution is 5.83. The van der Waals surface area contributed by atoms with E-state index < -0.39 is 0 Å². The number of aliphatic hydroxyl groups excluding tert-OH is 1. The van der Waals surface area contributed by atoms with Crippen molar-refractivity contribution in [1.29, 1.82) is 0 Å². The van der Waals surface area contributed by atoms with Gasteiger partial charge < -0.3 is 9.52 Å². The molecule has 0 amide bonds. The number of nitrogens with zero attached hydrogens (tertiary/aromatic N) is 2. The average molecular weight is 228 g/mol. The number of hydrogen-bond donors (Lipinski definition) is 1. The van der Waals surface area contributed by atoms with Gasteiger partial charge in [-0.15, -0.1) is 0 Å². The van der Waals surface area contributed by atoms with Crippen LogP contribution in [0, 0.1) is 0 Å². The van der Waals surface area contributed by atoms with E-state index in [4.69, 9.17) is 9.52 Å². The topological polar surface area (TPSA) is 51.2 Å². The van der Waals surface area contributed by atoms with E-state index in [1.165, 1.54) is 0 Å². The molecule has 3 aromatic rings. The maximum absolute atomic E-state index is 8.93. The SMILES string of the molecule is OCCn1ncc2cc(-c3ccco3)ccc21. The maximum Gasteiger partial charge on any atom is 0.133 e. The molecule has 3 rings (SSSR count). The van der Waals surface area contributed by atoms with E-state index in [0.29, 0.717) is 6.54 Å². The molecule has 86 valence electrons. The molecule has 0 bridgehead atoms. The zero-order valence-electron chi connectivity index (χ0n) is 9.21. The van der Waals surface area contributed by atoms with Crippen molar-refractivity contribution in [2.75, 3.05) is 6.61 Å². The molecule has 4 heteroatoms. The monoisotopic (exact) mass is 228 g/mol. The molecular formula is C13H12N2O2. The minimum Gasteiger partial charge on any atom is -0.464 e. The Morgan fingerprint density at radius 2 is 2.24 bits per heavy atom. The fourth-order valence-corrected chi connectivity index (χ4v) is 1.96. The van der Waals surface area contributed by atoms with Gasteiger partial charge in [0, 0.05) is 10.9 Å². The first-order valence-electron chi connectivity index (χ1n) is 5.49. The molecule has 2 heterocycles. The molecule has 0 saturated carbocycles. The largest absolute Gasteiger partial charge is 0.464 e. The summed E-state index contributed by atoms with van der Waals surface area (Å²) in [6, 6.07) is 9.83. The Labute approximate surface area is 98.1 Å². The molecule has 0 aliphatic carbocycles. The zero-order chi connectivity index (χ0) is 11.7. The van der Waals surface area contributed by atoms with Crippen molar-refractivity contribution in [3.63, 3.8) is 0 Å². The van der Waals surface area contributed by atoms with Crippen LogP contribution < -0.4 is 0 Å². The number of furan rings is 1. The summed E-state index contributed by atoms with van der Waals surface area (Å²) in [6.45, 7) is 0.611. The van der Waals surface area contributed by atoms with Crippen LogP contribution in [0.3, 0.4) is 0 Å². The summed E-state index contributed by atoms with van der Waals surface area (Å²) in [5.41, 5.74) is 2.06. The molecule has 0 spiro atoms. The molecule has 17 heavy (non-hydrogen) atoms. The minimum absolute atomic E-state index is 0.0940. The summed E-state index contributed by atoms with van der Waals surface area (Å²) in [4.78, 5) is 0. The van der Waals surface area contributed by atoms with Crippen molar-refractivity contribution >= 4 is 10.9 Å². The third-order valence-electron chi connectivity index (χ3n) is 2.76. The molecule has 0 saturated heterocycles. The molecule has 4 nitrogen and oxygen atoms in total. The Morgan fingerprint density at radius 1 is 1.29 bits per heavy atom. The Morgan fingerprint density at radius 3 is 3.00 bits per heavy atom. The molecule has 0 aliphatic rings. The Balaban J connectivity index is 2.09. The van der Waals surface area contributed by atoms with Crippen molar-refractivity contribution in [2.24, 2.45) is 0 Å². The highest BCUT2D eigenvalue weighted by Gasteiger charge is 2.05.